The summed E-state index contributed by atoms with van der Waals surface area (Å²) in [5.41, 5.74) is 1.82. The third kappa shape index (κ3) is 4.54. The van der Waals surface area contributed by atoms with Crippen molar-refractivity contribution in [2.45, 2.75) is 32.4 Å². The molecule has 1 N–H and O–H groups in total. The largest absolute Gasteiger partial charge is 0.487 e. The van der Waals surface area contributed by atoms with Crippen LogP contribution in [0.1, 0.15) is 25.3 Å². The molecule has 2 heterocycles. The number of anilines is 1. The van der Waals surface area contributed by atoms with Gasteiger partial charge in [-0.05, 0) is 49.6 Å². The van der Waals surface area contributed by atoms with Crippen molar-refractivity contribution in [1.29, 1.82) is 0 Å². The quantitative estimate of drug-likeness (QED) is 0.802. The number of nitrogens with zero attached hydrogens (tertiary/aromatic N) is 2. The van der Waals surface area contributed by atoms with Gasteiger partial charge in [-0.3, -0.25) is 9.69 Å². The van der Waals surface area contributed by atoms with Gasteiger partial charge in [-0.25, -0.2) is 4.79 Å². The maximum atomic E-state index is 13.2. The van der Waals surface area contributed by atoms with Crippen molar-refractivity contribution in [3.63, 3.8) is 0 Å². The van der Waals surface area contributed by atoms with Crippen LogP contribution in [0.4, 0.5) is 10.5 Å². The predicted molar refractivity (Wildman–Crippen MR) is 117 cm³/mol. The standard InChI is InChI=1S/C23H26ClN3O3/c1-16-15-27(20-4-2-3-5-21(20)30-16)23(29)26-12-10-18(11-13-26)22(28)25-14-17-6-8-19(24)9-7-17/h2-9,16,18H,10-15H2,1H3,(H,25,28). The molecule has 158 valence electrons. The van der Waals surface area contributed by atoms with Crippen LogP contribution in [0, 0.1) is 5.92 Å². The van der Waals surface area contributed by atoms with E-state index in [0.717, 1.165) is 17.0 Å². The Bertz CT molecular complexity index is 910. The predicted octanol–water partition coefficient (Wildman–Crippen LogP) is 4.08. The molecule has 4 rings (SSSR count). The van der Waals surface area contributed by atoms with E-state index in [1.165, 1.54) is 0 Å². The highest BCUT2D eigenvalue weighted by atomic mass is 35.5. The Morgan fingerprint density at radius 1 is 1.10 bits per heavy atom. The molecule has 0 aliphatic carbocycles. The molecule has 1 saturated heterocycles. The lowest BCUT2D eigenvalue weighted by Crippen LogP contribution is -2.52. The van der Waals surface area contributed by atoms with Gasteiger partial charge in [-0.1, -0.05) is 35.9 Å². The SMILES string of the molecule is CC1CN(C(=O)N2CCC(C(=O)NCc3ccc(Cl)cc3)CC2)c2ccccc2O1. The molecule has 0 spiro atoms. The van der Waals surface area contributed by atoms with E-state index in [0.29, 0.717) is 44.0 Å². The summed E-state index contributed by atoms with van der Waals surface area (Å²) in [5.74, 6) is 0.709. The molecule has 3 amide bonds. The van der Waals surface area contributed by atoms with Crippen molar-refractivity contribution in [2.24, 2.45) is 5.92 Å². The number of halogens is 1. The number of urea groups is 1. The molecule has 30 heavy (non-hydrogen) atoms. The average Bonchev–Trinajstić information content (AvgIpc) is 2.77. The van der Waals surface area contributed by atoms with Crippen molar-refractivity contribution in [3.05, 3.63) is 59.1 Å². The van der Waals surface area contributed by atoms with E-state index in [-0.39, 0.29) is 24.0 Å². The fourth-order valence-electron chi connectivity index (χ4n) is 4.01. The Kier molecular flexibility index (Phi) is 6.13. The fourth-order valence-corrected chi connectivity index (χ4v) is 4.14. The lowest BCUT2D eigenvalue weighted by atomic mass is 9.96. The van der Waals surface area contributed by atoms with E-state index >= 15 is 0 Å². The minimum atomic E-state index is -0.0720. The van der Waals surface area contributed by atoms with Crippen LogP contribution in [0.5, 0.6) is 5.75 Å². The number of carbonyl (C=O) groups is 2. The molecule has 0 aromatic heterocycles. The zero-order valence-corrected chi connectivity index (χ0v) is 17.8. The Balaban J connectivity index is 1.31. The van der Waals surface area contributed by atoms with Gasteiger partial charge in [0.2, 0.25) is 5.91 Å². The molecule has 1 fully saturated rings. The molecule has 2 aliphatic rings. The summed E-state index contributed by atoms with van der Waals surface area (Å²) in [5, 5.41) is 3.68. The van der Waals surface area contributed by atoms with Crippen molar-refractivity contribution >= 4 is 29.2 Å². The molecule has 2 aromatic rings. The number of likely N-dealkylation sites (tertiary alicyclic amines) is 1. The van der Waals surface area contributed by atoms with E-state index < -0.39 is 0 Å². The first-order valence-electron chi connectivity index (χ1n) is 10.4. The number of ether oxygens (including phenoxy) is 1. The van der Waals surface area contributed by atoms with Crippen molar-refractivity contribution in [1.82, 2.24) is 10.2 Å². The van der Waals surface area contributed by atoms with Gasteiger partial charge in [-0.2, -0.15) is 0 Å². The second-order valence-electron chi connectivity index (χ2n) is 7.89. The average molecular weight is 428 g/mol. The summed E-state index contributed by atoms with van der Waals surface area (Å²) in [6.07, 6.45) is 1.28. The smallest absolute Gasteiger partial charge is 0.324 e. The molecule has 0 bridgehead atoms. The number of amides is 3. The number of piperidine rings is 1. The van der Waals surface area contributed by atoms with Crippen LogP contribution < -0.4 is 15.0 Å². The van der Waals surface area contributed by atoms with E-state index in [9.17, 15) is 9.59 Å². The Labute approximate surface area is 181 Å². The number of fused-ring (bicyclic) bond motifs is 1. The van der Waals surface area contributed by atoms with Gasteiger partial charge in [0, 0.05) is 30.6 Å². The Morgan fingerprint density at radius 2 is 1.80 bits per heavy atom. The normalized spacial score (nSPS) is 19.1. The monoisotopic (exact) mass is 427 g/mol. The number of para-hydroxylation sites is 2. The molecule has 0 radical (unpaired) electrons. The topological polar surface area (TPSA) is 61.9 Å². The first-order chi connectivity index (χ1) is 14.5. The van der Waals surface area contributed by atoms with Crippen molar-refractivity contribution in [3.8, 4) is 5.75 Å². The molecule has 0 saturated carbocycles. The number of benzene rings is 2. The summed E-state index contributed by atoms with van der Waals surface area (Å²) >= 11 is 5.90. The van der Waals surface area contributed by atoms with Gasteiger partial charge >= 0.3 is 6.03 Å². The van der Waals surface area contributed by atoms with Gasteiger partial charge in [0.1, 0.15) is 11.9 Å². The minimum Gasteiger partial charge on any atom is -0.487 e. The molecule has 7 heteroatoms. The van der Waals surface area contributed by atoms with Crippen LogP contribution in [0.25, 0.3) is 0 Å². The highest BCUT2D eigenvalue weighted by Crippen LogP contribution is 2.34. The summed E-state index contributed by atoms with van der Waals surface area (Å²) in [6.45, 7) is 4.12. The lowest BCUT2D eigenvalue weighted by molar-refractivity contribution is -0.126. The second kappa shape index (κ2) is 8.96. The van der Waals surface area contributed by atoms with Gasteiger partial charge in [-0.15, -0.1) is 0 Å². The zero-order valence-electron chi connectivity index (χ0n) is 17.0. The van der Waals surface area contributed by atoms with Crippen LogP contribution >= 0.6 is 11.6 Å². The first-order valence-corrected chi connectivity index (χ1v) is 10.7. The minimum absolute atomic E-state index is 0.0161. The summed E-state index contributed by atoms with van der Waals surface area (Å²) in [7, 11) is 0. The fraction of sp³-hybridized carbons (Fsp3) is 0.391. The third-order valence-corrected chi connectivity index (χ3v) is 5.92. The van der Waals surface area contributed by atoms with Crippen LogP contribution in [-0.2, 0) is 11.3 Å². The van der Waals surface area contributed by atoms with Crippen LogP contribution in [-0.4, -0.2) is 42.6 Å². The van der Waals surface area contributed by atoms with E-state index in [1.807, 2.05) is 60.4 Å². The number of rotatable bonds is 3. The van der Waals surface area contributed by atoms with Gasteiger partial charge < -0.3 is 15.0 Å². The Hall–Kier alpha value is -2.73. The van der Waals surface area contributed by atoms with Crippen molar-refractivity contribution < 1.29 is 14.3 Å². The molecule has 2 aliphatic heterocycles. The van der Waals surface area contributed by atoms with Gasteiger partial charge in [0.05, 0.1) is 12.2 Å². The van der Waals surface area contributed by atoms with Crippen molar-refractivity contribution in [2.75, 3.05) is 24.5 Å². The molecule has 6 nitrogen and oxygen atoms in total. The number of hydrogen-bond acceptors (Lipinski definition) is 3. The van der Waals surface area contributed by atoms with Gasteiger partial charge in [0.15, 0.2) is 0 Å². The highest BCUT2D eigenvalue weighted by molar-refractivity contribution is 6.30. The van der Waals surface area contributed by atoms with Crippen LogP contribution in [0.3, 0.4) is 0 Å². The van der Waals surface area contributed by atoms with E-state index in [2.05, 4.69) is 5.32 Å². The molecule has 1 atom stereocenters. The molecule has 2 aromatic carbocycles. The summed E-state index contributed by atoms with van der Waals surface area (Å²) in [4.78, 5) is 29.4. The van der Waals surface area contributed by atoms with Crippen LogP contribution in [0.15, 0.2) is 48.5 Å². The molecular weight excluding hydrogens is 402 g/mol. The zero-order chi connectivity index (χ0) is 21.1. The lowest BCUT2D eigenvalue weighted by Gasteiger charge is -2.39. The van der Waals surface area contributed by atoms with Crippen LogP contribution in [0.2, 0.25) is 5.02 Å². The van der Waals surface area contributed by atoms with E-state index in [1.54, 1.807) is 4.90 Å². The third-order valence-electron chi connectivity index (χ3n) is 5.67. The first kappa shape index (κ1) is 20.5. The second-order valence-corrected chi connectivity index (χ2v) is 8.33. The Morgan fingerprint density at radius 3 is 2.53 bits per heavy atom. The maximum absolute atomic E-state index is 13.2. The summed E-state index contributed by atoms with van der Waals surface area (Å²) in [6, 6.07) is 15.1. The number of carbonyl (C=O) groups excluding carboxylic acids is 2. The van der Waals surface area contributed by atoms with E-state index in [4.69, 9.17) is 16.3 Å². The molecular formula is C23H26ClN3O3. The molecule has 1 unspecified atom stereocenters. The number of nitrogens with one attached hydrogen (secondary N) is 1. The number of hydrogen-bond donors (Lipinski definition) is 1. The summed E-state index contributed by atoms with van der Waals surface area (Å²) < 4.78 is 5.85. The maximum Gasteiger partial charge on any atom is 0.324 e. The highest BCUT2D eigenvalue weighted by Gasteiger charge is 2.33. The van der Waals surface area contributed by atoms with Gasteiger partial charge in [0.25, 0.3) is 0 Å².